The maximum Gasteiger partial charge on any atom is 0.253 e. The van der Waals surface area contributed by atoms with E-state index in [9.17, 15) is 4.79 Å². The summed E-state index contributed by atoms with van der Waals surface area (Å²) >= 11 is 3.40. The highest BCUT2D eigenvalue weighted by Gasteiger charge is 2.13. The molecule has 0 spiro atoms. The Kier molecular flexibility index (Phi) is 4.61. The Balaban J connectivity index is 2.15. The van der Waals surface area contributed by atoms with Crippen molar-refractivity contribution in [2.75, 3.05) is 7.05 Å². The van der Waals surface area contributed by atoms with Gasteiger partial charge < -0.3 is 4.90 Å². The van der Waals surface area contributed by atoms with Gasteiger partial charge >= 0.3 is 0 Å². The molecule has 0 bridgehead atoms. The van der Waals surface area contributed by atoms with E-state index in [4.69, 9.17) is 0 Å². The first-order valence-electron chi connectivity index (χ1n) is 6.54. The second-order valence-corrected chi connectivity index (χ2v) is 6.02. The summed E-state index contributed by atoms with van der Waals surface area (Å²) in [7, 11) is 1.84. The van der Waals surface area contributed by atoms with E-state index < -0.39 is 0 Å². The van der Waals surface area contributed by atoms with Crippen LogP contribution in [0.25, 0.3) is 0 Å². The van der Waals surface area contributed by atoms with Gasteiger partial charge in [-0.2, -0.15) is 0 Å². The van der Waals surface area contributed by atoms with Crippen molar-refractivity contribution >= 4 is 21.8 Å². The number of amides is 1. The summed E-state index contributed by atoms with van der Waals surface area (Å²) in [5.74, 6) is 0.0336. The smallest absolute Gasteiger partial charge is 0.253 e. The molecule has 0 aliphatic carbocycles. The van der Waals surface area contributed by atoms with Crippen molar-refractivity contribution in [3.63, 3.8) is 0 Å². The van der Waals surface area contributed by atoms with E-state index in [1.54, 1.807) is 4.90 Å². The highest BCUT2D eigenvalue weighted by Crippen LogP contribution is 2.16. The van der Waals surface area contributed by atoms with Crippen LogP contribution in [0.15, 0.2) is 46.9 Å². The predicted octanol–water partition coefficient (Wildman–Crippen LogP) is 4.34. The SMILES string of the molecule is Cc1ccc(CN(C)C(=O)c2cccc(Br)c2)c(C)c1. The molecule has 0 radical (unpaired) electrons. The van der Waals surface area contributed by atoms with Gasteiger partial charge in [-0.15, -0.1) is 0 Å². The van der Waals surface area contributed by atoms with Crippen molar-refractivity contribution in [3.05, 3.63) is 69.2 Å². The topological polar surface area (TPSA) is 20.3 Å². The summed E-state index contributed by atoms with van der Waals surface area (Å²) in [6, 6.07) is 13.8. The number of halogens is 1. The Morgan fingerprint density at radius 2 is 1.90 bits per heavy atom. The summed E-state index contributed by atoms with van der Waals surface area (Å²) in [6.07, 6.45) is 0. The Morgan fingerprint density at radius 1 is 1.15 bits per heavy atom. The molecule has 0 aromatic heterocycles. The van der Waals surface area contributed by atoms with Gasteiger partial charge in [0.15, 0.2) is 0 Å². The maximum atomic E-state index is 12.4. The number of hydrogen-bond donors (Lipinski definition) is 0. The fraction of sp³-hybridized carbons (Fsp3) is 0.235. The molecule has 2 nitrogen and oxygen atoms in total. The van der Waals surface area contributed by atoms with E-state index in [2.05, 4.69) is 48.0 Å². The molecular weight excluding hydrogens is 314 g/mol. The highest BCUT2D eigenvalue weighted by molar-refractivity contribution is 9.10. The standard InChI is InChI=1S/C17H18BrNO/c1-12-7-8-15(13(2)9-12)11-19(3)17(20)14-5-4-6-16(18)10-14/h4-10H,11H2,1-3H3. The Labute approximate surface area is 128 Å². The van der Waals surface area contributed by atoms with E-state index >= 15 is 0 Å². The first kappa shape index (κ1) is 14.8. The maximum absolute atomic E-state index is 12.4. The van der Waals surface area contributed by atoms with Gasteiger partial charge in [0.05, 0.1) is 0 Å². The zero-order valence-electron chi connectivity index (χ0n) is 12.0. The first-order chi connectivity index (χ1) is 9.47. The van der Waals surface area contributed by atoms with Crippen LogP contribution in [0.4, 0.5) is 0 Å². The van der Waals surface area contributed by atoms with Crippen LogP contribution in [0, 0.1) is 13.8 Å². The molecule has 3 heteroatoms. The zero-order valence-corrected chi connectivity index (χ0v) is 13.6. The molecule has 0 saturated carbocycles. The van der Waals surface area contributed by atoms with E-state index in [-0.39, 0.29) is 5.91 Å². The normalized spacial score (nSPS) is 10.4. The van der Waals surface area contributed by atoms with Gasteiger partial charge in [-0.05, 0) is 43.2 Å². The second-order valence-electron chi connectivity index (χ2n) is 5.10. The third-order valence-electron chi connectivity index (χ3n) is 3.32. The minimum Gasteiger partial charge on any atom is -0.337 e. The van der Waals surface area contributed by atoms with E-state index in [1.807, 2.05) is 31.3 Å². The van der Waals surface area contributed by atoms with E-state index in [0.717, 1.165) is 4.47 Å². The number of hydrogen-bond acceptors (Lipinski definition) is 1. The van der Waals surface area contributed by atoms with Crippen molar-refractivity contribution in [2.24, 2.45) is 0 Å². The number of rotatable bonds is 3. The Bertz CT molecular complexity index is 637. The lowest BCUT2D eigenvalue weighted by molar-refractivity contribution is 0.0785. The molecule has 0 aliphatic heterocycles. The fourth-order valence-corrected chi connectivity index (χ4v) is 2.59. The molecule has 0 heterocycles. The van der Waals surface area contributed by atoms with E-state index in [0.29, 0.717) is 12.1 Å². The molecule has 2 rings (SSSR count). The van der Waals surface area contributed by atoms with Crippen LogP contribution in [0.2, 0.25) is 0 Å². The van der Waals surface area contributed by atoms with Gasteiger partial charge in [0, 0.05) is 23.6 Å². The van der Waals surface area contributed by atoms with Gasteiger partial charge in [-0.1, -0.05) is 45.8 Å². The third kappa shape index (κ3) is 3.48. The molecule has 0 atom stereocenters. The summed E-state index contributed by atoms with van der Waals surface area (Å²) in [5, 5.41) is 0. The zero-order chi connectivity index (χ0) is 14.7. The molecule has 0 N–H and O–H groups in total. The molecule has 0 saturated heterocycles. The monoisotopic (exact) mass is 331 g/mol. The molecule has 0 fully saturated rings. The average molecular weight is 332 g/mol. The highest BCUT2D eigenvalue weighted by atomic mass is 79.9. The molecule has 0 aliphatic rings. The van der Waals surface area contributed by atoms with Crippen molar-refractivity contribution in [3.8, 4) is 0 Å². The molecular formula is C17H18BrNO. The van der Waals surface area contributed by atoms with Crippen LogP contribution in [0.3, 0.4) is 0 Å². The van der Waals surface area contributed by atoms with Crippen LogP contribution >= 0.6 is 15.9 Å². The largest absolute Gasteiger partial charge is 0.337 e. The number of carbonyl (C=O) groups excluding carboxylic acids is 1. The van der Waals surface area contributed by atoms with Crippen LogP contribution < -0.4 is 0 Å². The summed E-state index contributed by atoms with van der Waals surface area (Å²) < 4.78 is 0.920. The summed E-state index contributed by atoms with van der Waals surface area (Å²) in [5.41, 5.74) is 4.35. The van der Waals surface area contributed by atoms with Crippen LogP contribution in [-0.4, -0.2) is 17.9 Å². The Hall–Kier alpha value is -1.61. The Morgan fingerprint density at radius 3 is 2.55 bits per heavy atom. The number of nitrogens with zero attached hydrogens (tertiary/aromatic N) is 1. The molecule has 2 aromatic rings. The van der Waals surface area contributed by atoms with Gasteiger partial charge in [0.25, 0.3) is 5.91 Å². The minimum atomic E-state index is 0.0336. The molecule has 0 unspecified atom stereocenters. The lowest BCUT2D eigenvalue weighted by Crippen LogP contribution is -2.26. The molecule has 1 amide bonds. The van der Waals surface area contributed by atoms with Crippen molar-refractivity contribution in [1.82, 2.24) is 4.90 Å². The van der Waals surface area contributed by atoms with Crippen molar-refractivity contribution < 1.29 is 4.79 Å². The minimum absolute atomic E-state index is 0.0336. The summed E-state index contributed by atoms with van der Waals surface area (Å²) in [4.78, 5) is 14.1. The lowest BCUT2D eigenvalue weighted by atomic mass is 10.1. The quantitative estimate of drug-likeness (QED) is 0.819. The van der Waals surface area contributed by atoms with Gasteiger partial charge in [-0.25, -0.2) is 0 Å². The average Bonchev–Trinajstić information content (AvgIpc) is 2.41. The first-order valence-corrected chi connectivity index (χ1v) is 7.34. The van der Waals surface area contributed by atoms with Crippen LogP contribution in [0.5, 0.6) is 0 Å². The number of benzene rings is 2. The lowest BCUT2D eigenvalue weighted by Gasteiger charge is -2.19. The predicted molar refractivity (Wildman–Crippen MR) is 85.9 cm³/mol. The van der Waals surface area contributed by atoms with Crippen molar-refractivity contribution in [1.29, 1.82) is 0 Å². The van der Waals surface area contributed by atoms with Gasteiger partial charge in [-0.3, -0.25) is 4.79 Å². The fourth-order valence-electron chi connectivity index (χ4n) is 2.19. The van der Waals surface area contributed by atoms with Crippen LogP contribution in [-0.2, 0) is 6.54 Å². The summed E-state index contributed by atoms with van der Waals surface area (Å²) in [6.45, 7) is 4.78. The third-order valence-corrected chi connectivity index (χ3v) is 3.82. The van der Waals surface area contributed by atoms with Crippen molar-refractivity contribution in [2.45, 2.75) is 20.4 Å². The van der Waals surface area contributed by atoms with Gasteiger partial charge in [0.2, 0.25) is 0 Å². The molecule has 2 aromatic carbocycles. The number of carbonyl (C=O) groups is 1. The molecule has 104 valence electrons. The molecule has 20 heavy (non-hydrogen) atoms. The number of aryl methyl sites for hydroxylation is 2. The van der Waals surface area contributed by atoms with Gasteiger partial charge in [0.1, 0.15) is 0 Å². The van der Waals surface area contributed by atoms with E-state index in [1.165, 1.54) is 16.7 Å². The second kappa shape index (κ2) is 6.23. The van der Waals surface area contributed by atoms with Crippen LogP contribution in [0.1, 0.15) is 27.0 Å².